The van der Waals surface area contributed by atoms with Crippen molar-refractivity contribution in [2.45, 2.75) is 38.6 Å². The van der Waals surface area contributed by atoms with Gasteiger partial charge in [-0.25, -0.2) is 0 Å². The number of hydrogen-bond donors (Lipinski definition) is 1. The minimum absolute atomic E-state index is 0.00521. The smallest absolute Gasteiger partial charge is 0.226 e. The number of rotatable bonds is 0. The number of carbonyl (C=O) groups is 1. The fourth-order valence-electron chi connectivity index (χ4n) is 1.99. The van der Waals surface area contributed by atoms with Gasteiger partial charge in [-0.1, -0.05) is 6.92 Å². The van der Waals surface area contributed by atoms with E-state index in [0.29, 0.717) is 6.04 Å². The van der Waals surface area contributed by atoms with E-state index in [2.05, 4.69) is 12.2 Å². The quantitative estimate of drug-likeness (QED) is 0.534. The average Bonchev–Trinajstić information content (AvgIpc) is 1.92. The largest absolute Gasteiger partial charge is 0.353 e. The first-order valence-electron chi connectivity index (χ1n) is 4.02. The molecule has 2 aliphatic heterocycles. The van der Waals surface area contributed by atoms with Crippen LogP contribution in [0.2, 0.25) is 0 Å². The summed E-state index contributed by atoms with van der Waals surface area (Å²) in [6, 6.07) is 0.509. The summed E-state index contributed by atoms with van der Waals surface area (Å²) in [6.45, 7) is 2.08. The third-order valence-corrected chi connectivity index (χ3v) is 2.97. The molecule has 10 heavy (non-hydrogen) atoms. The monoisotopic (exact) mass is 139 g/mol. The summed E-state index contributed by atoms with van der Waals surface area (Å²) in [5.74, 6) is 0.287. The predicted octanol–water partition coefficient (Wildman–Crippen LogP) is 1.07. The number of carbonyl (C=O) groups excluding carboxylic acids is 1. The van der Waals surface area contributed by atoms with E-state index in [-0.39, 0.29) is 11.3 Å². The van der Waals surface area contributed by atoms with Crippen LogP contribution in [0, 0.1) is 5.41 Å². The lowest BCUT2D eigenvalue weighted by Crippen LogP contribution is -2.54. The fraction of sp³-hybridized carbons (Fsp3) is 0.875. The molecule has 2 heteroatoms. The van der Waals surface area contributed by atoms with Crippen molar-refractivity contribution in [2.24, 2.45) is 5.41 Å². The Balaban J connectivity index is 2.25. The molecule has 56 valence electrons. The van der Waals surface area contributed by atoms with Crippen LogP contribution in [0.15, 0.2) is 0 Å². The molecule has 0 spiro atoms. The zero-order valence-electron chi connectivity index (χ0n) is 6.31. The van der Waals surface area contributed by atoms with Crippen LogP contribution in [0.4, 0.5) is 0 Å². The van der Waals surface area contributed by atoms with Crippen LogP contribution in [-0.4, -0.2) is 11.9 Å². The Hall–Kier alpha value is -0.530. The average molecular weight is 139 g/mol. The van der Waals surface area contributed by atoms with Gasteiger partial charge in [0.15, 0.2) is 0 Å². The topological polar surface area (TPSA) is 29.1 Å². The van der Waals surface area contributed by atoms with Crippen LogP contribution in [-0.2, 0) is 4.79 Å². The number of nitrogens with one attached hydrogen (secondary N) is 1. The summed E-state index contributed by atoms with van der Waals surface area (Å²) in [5, 5.41) is 3.02. The maximum atomic E-state index is 11.3. The van der Waals surface area contributed by atoms with E-state index in [0.717, 1.165) is 12.8 Å². The summed E-state index contributed by atoms with van der Waals surface area (Å²) in [6.07, 6.45) is 4.59. The van der Waals surface area contributed by atoms with Gasteiger partial charge in [0, 0.05) is 11.5 Å². The van der Waals surface area contributed by atoms with Crippen molar-refractivity contribution >= 4 is 5.91 Å². The van der Waals surface area contributed by atoms with Crippen LogP contribution in [0.1, 0.15) is 32.6 Å². The van der Waals surface area contributed by atoms with Crippen LogP contribution >= 0.6 is 0 Å². The number of fused-ring (bicyclic) bond motifs is 3. The molecule has 2 bridgehead atoms. The third-order valence-electron chi connectivity index (χ3n) is 2.97. The van der Waals surface area contributed by atoms with E-state index in [1.807, 2.05) is 0 Å². The van der Waals surface area contributed by atoms with Gasteiger partial charge in [0.25, 0.3) is 0 Å². The van der Waals surface area contributed by atoms with Crippen molar-refractivity contribution < 1.29 is 4.79 Å². The highest BCUT2D eigenvalue weighted by Crippen LogP contribution is 2.40. The van der Waals surface area contributed by atoms with Gasteiger partial charge in [0.05, 0.1) is 0 Å². The second-order valence-electron chi connectivity index (χ2n) is 3.81. The Morgan fingerprint density at radius 2 is 2.10 bits per heavy atom. The molecule has 1 saturated carbocycles. The molecule has 3 rings (SSSR count). The van der Waals surface area contributed by atoms with Gasteiger partial charge < -0.3 is 5.32 Å². The van der Waals surface area contributed by atoms with Crippen molar-refractivity contribution in [3.63, 3.8) is 0 Å². The molecule has 3 aliphatic rings. The van der Waals surface area contributed by atoms with Gasteiger partial charge in [-0.3, -0.25) is 4.79 Å². The standard InChI is InChI=1S/C8H13NO/c1-8-4-2-6(3-5-8)9-7(8)10/h6H,2-5H2,1H3,(H,9,10). The molecule has 0 unspecified atom stereocenters. The molecule has 0 radical (unpaired) electrons. The summed E-state index contributed by atoms with van der Waals surface area (Å²) in [7, 11) is 0. The van der Waals surface area contributed by atoms with Crippen molar-refractivity contribution in [1.29, 1.82) is 0 Å². The highest BCUT2D eigenvalue weighted by molar-refractivity contribution is 5.84. The minimum atomic E-state index is -0.00521. The highest BCUT2D eigenvalue weighted by Gasteiger charge is 2.43. The summed E-state index contributed by atoms with van der Waals surface area (Å²) in [4.78, 5) is 11.3. The van der Waals surface area contributed by atoms with Crippen LogP contribution in [0.25, 0.3) is 0 Å². The molecule has 2 heterocycles. The van der Waals surface area contributed by atoms with E-state index in [1.54, 1.807) is 0 Å². The van der Waals surface area contributed by atoms with Crippen LogP contribution < -0.4 is 5.32 Å². The number of amides is 1. The van der Waals surface area contributed by atoms with Crippen molar-refractivity contribution in [1.82, 2.24) is 5.32 Å². The molecule has 0 aromatic carbocycles. The zero-order chi connectivity index (χ0) is 7.19. The first-order valence-corrected chi connectivity index (χ1v) is 4.02. The number of hydrogen-bond acceptors (Lipinski definition) is 1. The third kappa shape index (κ3) is 0.678. The van der Waals surface area contributed by atoms with Gasteiger partial charge in [-0.15, -0.1) is 0 Å². The SMILES string of the molecule is CC12CCC(CC1)NC2=O. The minimum Gasteiger partial charge on any atom is -0.353 e. The van der Waals surface area contributed by atoms with E-state index in [4.69, 9.17) is 0 Å². The molecular weight excluding hydrogens is 126 g/mol. The van der Waals surface area contributed by atoms with Gasteiger partial charge in [-0.2, -0.15) is 0 Å². The first kappa shape index (κ1) is 6.20. The second kappa shape index (κ2) is 1.74. The van der Waals surface area contributed by atoms with Gasteiger partial charge in [0.2, 0.25) is 5.91 Å². The van der Waals surface area contributed by atoms with Gasteiger partial charge >= 0.3 is 0 Å². The van der Waals surface area contributed by atoms with E-state index in [9.17, 15) is 4.79 Å². The predicted molar refractivity (Wildman–Crippen MR) is 38.5 cm³/mol. The zero-order valence-corrected chi connectivity index (χ0v) is 6.31. The van der Waals surface area contributed by atoms with E-state index < -0.39 is 0 Å². The molecule has 0 aromatic heterocycles. The second-order valence-corrected chi connectivity index (χ2v) is 3.81. The Morgan fingerprint density at radius 3 is 2.40 bits per heavy atom. The Labute approximate surface area is 61.0 Å². The molecule has 2 nitrogen and oxygen atoms in total. The lowest BCUT2D eigenvalue weighted by molar-refractivity contribution is -0.138. The summed E-state index contributed by atoms with van der Waals surface area (Å²) < 4.78 is 0. The maximum absolute atomic E-state index is 11.3. The van der Waals surface area contributed by atoms with Gasteiger partial charge in [0.1, 0.15) is 0 Å². The van der Waals surface area contributed by atoms with Crippen LogP contribution in [0.5, 0.6) is 0 Å². The number of piperidine rings is 2. The Bertz CT molecular complexity index is 168. The summed E-state index contributed by atoms with van der Waals surface area (Å²) >= 11 is 0. The maximum Gasteiger partial charge on any atom is 0.226 e. The fourth-order valence-corrected chi connectivity index (χ4v) is 1.99. The lowest BCUT2D eigenvalue weighted by Gasteiger charge is -2.43. The normalized spacial score (nSPS) is 45.3. The highest BCUT2D eigenvalue weighted by atomic mass is 16.2. The van der Waals surface area contributed by atoms with Crippen molar-refractivity contribution in [2.75, 3.05) is 0 Å². The summed E-state index contributed by atoms with van der Waals surface area (Å²) in [5.41, 5.74) is -0.00521. The van der Waals surface area contributed by atoms with E-state index >= 15 is 0 Å². The molecule has 1 N–H and O–H groups in total. The lowest BCUT2D eigenvalue weighted by atomic mass is 9.69. The van der Waals surface area contributed by atoms with Crippen molar-refractivity contribution in [3.05, 3.63) is 0 Å². The van der Waals surface area contributed by atoms with Crippen LogP contribution in [0.3, 0.4) is 0 Å². The molecule has 1 aliphatic carbocycles. The van der Waals surface area contributed by atoms with Crippen molar-refractivity contribution in [3.8, 4) is 0 Å². The molecule has 3 fully saturated rings. The molecule has 1 amide bonds. The van der Waals surface area contributed by atoms with Gasteiger partial charge in [-0.05, 0) is 25.7 Å². The molecule has 2 saturated heterocycles. The molecular formula is C8H13NO. The molecule has 0 aromatic rings. The first-order chi connectivity index (χ1) is 4.71. The Morgan fingerprint density at radius 1 is 1.50 bits per heavy atom. The molecule has 0 atom stereocenters. The van der Waals surface area contributed by atoms with E-state index in [1.165, 1.54) is 12.8 Å². The Kier molecular flexibility index (Phi) is 1.08.